The molecule has 0 amide bonds. The largest absolute Gasteiger partial charge is 0.145 e. The summed E-state index contributed by atoms with van der Waals surface area (Å²) in [6.45, 7) is 8.98. The van der Waals surface area contributed by atoms with Crippen LogP contribution in [0.25, 0.3) is 0 Å². The van der Waals surface area contributed by atoms with Gasteiger partial charge in [0, 0.05) is 9.75 Å². The molecule has 0 aliphatic heterocycles. The summed E-state index contributed by atoms with van der Waals surface area (Å²) < 4.78 is 0. The van der Waals surface area contributed by atoms with Crippen molar-refractivity contribution < 1.29 is 0 Å². The van der Waals surface area contributed by atoms with E-state index in [1.54, 1.807) is 0 Å². The van der Waals surface area contributed by atoms with E-state index in [0.29, 0.717) is 11.8 Å². The summed E-state index contributed by atoms with van der Waals surface area (Å²) in [6.07, 6.45) is 0. The highest BCUT2D eigenvalue weighted by atomic mass is 32.1. The van der Waals surface area contributed by atoms with E-state index in [-0.39, 0.29) is 7.43 Å². The molecule has 0 bridgehead atoms. The van der Waals surface area contributed by atoms with Crippen molar-refractivity contribution in [3.8, 4) is 0 Å². The zero-order valence-electron chi connectivity index (χ0n) is 7.72. The van der Waals surface area contributed by atoms with E-state index in [4.69, 9.17) is 0 Å². The summed E-state index contributed by atoms with van der Waals surface area (Å²) in [5.74, 6) is 1.37. The fourth-order valence-electron chi connectivity index (χ4n) is 0.989. The lowest BCUT2D eigenvalue weighted by Crippen LogP contribution is -1.79. The molecule has 0 unspecified atom stereocenters. The fourth-order valence-corrected chi connectivity index (χ4v) is 2.00. The molecule has 0 atom stereocenters. The molecular weight excluding hydrogens is 164 g/mol. The van der Waals surface area contributed by atoms with Crippen LogP contribution in [-0.4, -0.2) is 0 Å². The van der Waals surface area contributed by atoms with Gasteiger partial charge in [-0.15, -0.1) is 11.3 Å². The first-order chi connectivity index (χ1) is 5.11. The van der Waals surface area contributed by atoms with Crippen molar-refractivity contribution in [1.82, 2.24) is 0 Å². The smallest absolute Gasteiger partial charge is 0.00737 e. The van der Waals surface area contributed by atoms with Gasteiger partial charge in [-0.25, -0.2) is 0 Å². The second kappa shape index (κ2) is 4.66. The molecule has 0 aliphatic carbocycles. The Hall–Kier alpha value is -0.300. The van der Waals surface area contributed by atoms with Gasteiger partial charge in [-0.1, -0.05) is 35.1 Å². The first-order valence-corrected chi connectivity index (χ1v) is 5.02. The number of hydrogen-bond donors (Lipinski definition) is 0. The summed E-state index contributed by atoms with van der Waals surface area (Å²) in [6, 6.07) is 4.51. The van der Waals surface area contributed by atoms with Crippen molar-refractivity contribution >= 4 is 11.3 Å². The molecule has 0 aliphatic rings. The Morgan fingerprint density at radius 2 is 1.25 bits per heavy atom. The van der Waals surface area contributed by atoms with Gasteiger partial charge in [0.15, 0.2) is 0 Å². The first-order valence-electron chi connectivity index (χ1n) is 4.21. The zero-order chi connectivity index (χ0) is 8.43. The van der Waals surface area contributed by atoms with Gasteiger partial charge in [0.05, 0.1) is 0 Å². The molecule has 1 heteroatoms. The van der Waals surface area contributed by atoms with Crippen molar-refractivity contribution in [1.29, 1.82) is 0 Å². The van der Waals surface area contributed by atoms with Gasteiger partial charge in [-0.05, 0) is 24.0 Å². The maximum absolute atomic E-state index is 2.25. The molecule has 1 aromatic rings. The predicted molar refractivity (Wildman–Crippen MR) is 59.2 cm³/mol. The van der Waals surface area contributed by atoms with E-state index < -0.39 is 0 Å². The van der Waals surface area contributed by atoms with E-state index >= 15 is 0 Å². The molecule has 1 heterocycles. The Morgan fingerprint density at radius 3 is 1.42 bits per heavy atom. The lowest BCUT2D eigenvalue weighted by Gasteiger charge is -2.00. The van der Waals surface area contributed by atoms with E-state index in [9.17, 15) is 0 Å². The second-order valence-corrected chi connectivity index (χ2v) is 4.70. The SMILES string of the molecule is C.CC(C)c1ccc(C(C)C)s1. The third-order valence-corrected chi connectivity index (χ3v) is 3.47. The lowest BCUT2D eigenvalue weighted by atomic mass is 10.1. The van der Waals surface area contributed by atoms with E-state index in [0.717, 1.165) is 0 Å². The quantitative estimate of drug-likeness (QED) is 0.628. The molecule has 0 spiro atoms. The maximum atomic E-state index is 2.25. The highest BCUT2D eigenvalue weighted by molar-refractivity contribution is 7.12. The molecule has 1 rings (SSSR count). The van der Waals surface area contributed by atoms with Gasteiger partial charge < -0.3 is 0 Å². The molecule has 0 radical (unpaired) electrons. The van der Waals surface area contributed by atoms with Gasteiger partial charge in [0.1, 0.15) is 0 Å². The zero-order valence-corrected chi connectivity index (χ0v) is 8.53. The van der Waals surface area contributed by atoms with Crippen LogP contribution in [0.3, 0.4) is 0 Å². The number of hydrogen-bond acceptors (Lipinski definition) is 1. The van der Waals surface area contributed by atoms with Crippen LogP contribution in [0, 0.1) is 0 Å². The second-order valence-electron chi connectivity index (χ2n) is 3.55. The van der Waals surface area contributed by atoms with E-state index in [1.807, 2.05) is 11.3 Å². The maximum Gasteiger partial charge on any atom is 0.00737 e. The van der Waals surface area contributed by atoms with Gasteiger partial charge >= 0.3 is 0 Å². The van der Waals surface area contributed by atoms with Crippen LogP contribution in [0.5, 0.6) is 0 Å². The molecule has 0 nitrogen and oxygen atoms in total. The van der Waals surface area contributed by atoms with Crippen LogP contribution in [0.2, 0.25) is 0 Å². The van der Waals surface area contributed by atoms with E-state index in [2.05, 4.69) is 39.8 Å². The predicted octanol–water partition coefficient (Wildman–Crippen LogP) is 4.63. The molecule has 12 heavy (non-hydrogen) atoms. The summed E-state index contributed by atoms with van der Waals surface area (Å²) in [5.41, 5.74) is 0. The standard InChI is InChI=1S/C10H16S.CH4/c1-7(2)9-5-6-10(11-9)8(3)4;/h5-8H,1-4H3;1H4. The first kappa shape index (κ1) is 11.7. The van der Waals surface area contributed by atoms with Crippen LogP contribution >= 0.6 is 11.3 Å². The molecule has 70 valence electrons. The topological polar surface area (TPSA) is 0 Å². The third-order valence-electron chi connectivity index (χ3n) is 1.79. The van der Waals surface area contributed by atoms with Crippen LogP contribution in [-0.2, 0) is 0 Å². The average Bonchev–Trinajstić information content (AvgIpc) is 2.33. The Kier molecular flexibility index (Phi) is 4.54. The minimum atomic E-state index is 0. The van der Waals surface area contributed by atoms with Gasteiger partial charge in [0.25, 0.3) is 0 Å². The Balaban J connectivity index is 0.00000121. The van der Waals surface area contributed by atoms with Crippen molar-refractivity contribution in [2.75, 3.05) is 0 Å². The fraction of sp³-hybridized carbons (Fsp3) is 0.636. The molecular formula is C11H20S. The number of thiophene rings is 1. The summed E-state index contributed by atoms with van der Waals surface area (Å²) in [5, 5.41) is 0. The van der Waals surface area contributed by atoms with Gasteiger partial charge in [-0.3, -0.25) is 0 Å². The summed E-state index contributed by atoms with van der Waals surface area (Å²) in [4.78, 5) is 3.02. The third kappa shape index (κ3) is 2.63. The molecule has 0 saturated heterocycles. The van der Waals surface area contributed by atoms with Crippen LogP contribution in [0.4, 0.5) is 0 Å². The van der Waals surface area contributed by atoms with Crippen molar-refractivity contribution in [3.63, 3.8) is 0 Å². The Labute approximate surface area is 80.6 Å². The number of rotatable bonds is 2. The van der Waals surface area contributed by atoms with E-state index in [1.165, 1.54) is 9.75 Å². The normalized spacial score (nSPS) is 10.5. The van der Waals surface area contributed by atoms with Crippen molar-refractivity contribution in [2.24, 2.45) is 0 Å². The monoisotopic (exact) mass is 184 g/mol. The van der Waals surface area contributed by atoms with Crippen LogP contribution in [0.1, 0.15) is 56.7 Å². The molecule has 1 aromatic heterocycles. The van der Waals surface area contributed by atoms with Crippen molar-refractivity contribution in [2.45, 2.75) is 47.0 Å². The van der Waals surface area contributed by atoms with Gasteiger partial charge in [-0.2, -0.15) is 0 Å². The van der Waals surface area contributed by atoms with Gasteiger partial charge in [0.2, 0.25) is 0 Å². The minimum Gasteiger partial charge on any atom is -0.145 e. The summed E-state index contributed by atoms with van der Waals surface area (Å²) in [7, 11) is 0. The van der Waals surface area contributed by atoms with Crippen molar-refractivity contribution in [3.05, 3.63) is 21.9 Å². The molecule has 0 aromatic carbocycles. The minimum absolute atomic E-state index is 0. The Bertz CT molecular complexity index is 198. The lowest BCUT2D eigenvalue weighted by molar-refractivity contribution is 0.888. The Morgan fingerprint density at radius 1 is 0.917 bits per heavy atom. The van der Waals surface area contributed by atoms with Crippen LogP contribution in [0.15, 0.2) is 12.1 Å². The highest BCUT2D eigenvalue weighted by Crippen LogP contribution is 2.28. The molecule has 0 N–H and O–H groups in total. The average molecular weight is 184 g/mol. The molecule has 0 saturated carbocycles. The summed E-state index contributed by atoms with van der Waals surface area (Å²) >= 11 is 1.95. The highest BCUT2D eigenvalue weighted by Gasteiger charge is 2.05. The van der Waals surface area contributed by atoms with Crippen LogP contribution < -0.4 is 0 Å². The molecule has 0 fully saturated rings.